The van der Waals surface area contributed by atoms with E-state index in [9.17, 15) is 4.79 Å². The molecule has 6 nitrogen and oxygen atoms in total. The van der Waals surface area contributed by atoms with Crippen molar-refractivity contribution in [3.05, 3.63) is 51.6 Å². The molecule has 0 saturated carbocycles. The standard InChI is InChI=1S/C17H17BrN4O2S/c1-11-8-12(18)5-6-13(11)19-15(23)9-22(2)10-16-20-17(21-24-16)14-4-3-7-25-14/h3-8H,9-10H2,1-2H3,(H,19,23). The number of amides is 1. The van der Waals surface area contributed by atoms with Crippen molar-refractivity contribution < 1.29 is 9.32 Å². The van der Waals surface area contributed by atoms with E-state index in [0.29, 0.717) is 18.3 Å². The largest absolute Gasteiger partial charge is 0.338 e. The van der Waals surface area contributed by atoms with E-state index in [-0.39, 0.29) is 12.5 Å². The predicted octanol–water partition coefficient (Wildman–Crippen LogP) is 3.94. The van der Waals surface area contributed by atoms with Crippen LogP contribution in [0.4, 0.5) is 5.69 Å². The first-order chi connectivity index (χ1) is 12.0. The number of thiophene rings is 1. The minimum atomic E-state index is -0.0917. The van der Waals surface area contributed by atoms with Crippen LogP contribution in [-0.2, 0) is 11.3 Å². The minimum absolute atomic E-state index is 0.0917. The van der Waals surface area contributed by atoms with Crippen molar-refractivity contribution in [3.8, 4) is 10.7 Å². The molecule has 0 unspecified atom stereocenters. The van der Waals surface area contributed by atoms with Crippen molar-refractivity contribution in [1.29, 1.82) is 0 Å². The number of likely N-dealkylation sites (N-methyl/N-ethyl adjacent to an activating group) is 1. The molecule has 0 aliphatic heterocycles. The number of carbonyl (C=O) groups excluding carboxylic acids is 1. The summed E-state index contributed by atoms with van der Waals surface area (Å²) in [5.41, 5.74) is 1.81. The molecular formula is C17H17BrN4O2S. The van der Waals surface area contributed by atoms with E-state index in [4.69, 9.17) is 4.52 Å². The number of hydrogen-bond donors (Lipinski definition) is 1. The molecule has 0 atom stereocenters. The van der Waals surface area contributed by atoms with Crippen molar-refractivity contribution in [1.82, 2.24) is 15.0 Å². The van der Waals surface area contributed by atoms with Gasteiger partial charge in [0.2, 0.25) is 17.6 Å². The Morgan fingerprint density at radius 2 is 2.24 bits per heavy atom. The third-order valence-electron chi connectivity index (χ3n) is 3.49. The summed E-state index contributed by atoms with van der Waals surface area (Å²) in [5, 5.41) is 8.85. The van der Waals surface area contributed by atoms with Crippen molar-refractivity contribution in [2.45, 2.75) is 13.5 Å². The highest BCUT2D eigenvalue weighted by Crippen LogP contribution is 2.22. The molecule has 3 rings (SSSR count). The van der Waals surface area contributed by atoms with Crippen LogP contribution in [0.3, 0.4) is 0 Å². The highest BCUT2D eigenvalue weighted by molar-refractivity contribution is 9.10. The fourth-order valence-corrected chi connectivity index (χ4v) is 3.44. The molecule has 8 heteroatoms. The van der Waals surface area contributed by atoms with Gasteiger partial charge in [-0.25, -0.2) is 0 Å². The van der Waals surface area contributed by atoms with Gasteiger partial charge in [0, 0.05) is 10.2 Å². The number of carbonyl (C=O) groups is 1. The SMILES string of the molecule is Cc1cc(Br)ccc1NC(=O)CN(C)Cc1nc(-c2cccs2)no1. The smallest absolute Gasteiger partial charge is 0.241 e. The minimum Gasteiger partial charge on any atom is -0.338 e. The average Bonchev–Trinajstić information content (AvgIpc) is 3.21. The molecule has 1 aromatic carbocycles. The second kappa shape index (κ2) is 7.90. The van der Waals surface area contributed by atoms with E-state index in [1.165, 1.54) is 0 Å². The highest BCUT2D eigenvalue weighted by Gasteiger charge is 2.14. The Morgan fingerprint density at radius 1 is 1.40 bits per heavy atom. The number of halogens is 1. The molecule has 0 bridgehead atoms. The van der Waals surface area contributed by atoms with Gasteiger partial charge in [-0.1, -0.05) is 27.2 Å². The van der Waals surface area contributed by atoms with Crippen LogP contribution in [0.2, 0.25) is 0 Å². The van der Waals surface area contributed by atoms with Crippen molar-refractivity contribution in [2.24, 2.45) is 0 Å². The topological polar surface area (TPSA) is 71.3 Å². The summed E-state index contributed by atoms with van der Waals surface area (Å²) in [4.78, 5) is 19.4. The third-order valence-corrected chi connectivity index (χ3v) is 4.85. The van der Waals surface area contributed by atoms with Gasteiger partial charge < -0.3 is 9.84 Å². The zero-order valence-corrected chi connectivity index (χ0v) is 16.2. The monoisotopic (exact) mass is 420 g/mol. The molecule has 0 saturated heterocycles. The van der Waals surface area contributed by atoms with E-state index in [1.807, 2.05) is 54.6 Å². The third kappa shape index (κ3) is 4.75. The van der Waals surface area contributed by atoms with Crippen molar-refractivity contribution in [2.75, 3.05) is 18.9 Å². The van der Waals surface area contributed by atoms with Gasteiger partial charge >= 0.3 is 0 Å². The molecule has 0 radical (unpaired) electrons. The number of nitrogens with zero attached hydrogens (tertiary/aromatic N) is 3. The lowest BCUT2D eigenvalue weighted by Gasteiger charge is -2.15. The quantitative estimate of drug-likeness (QED) is 0.653. The van der Waals surface area contributed by atoms with Gasteiger partial charge in [0.15, 0.2) is 0 Å². The van der Waals surface area contributed by atoms with Crippen LogP contribution in [0.1, 0.15) is 11.5 Å². The molecule has 0 aliphatic rings. The molecule has 2 aromatic heterocycles. The van der Waals surface area contributed by atoms with Crippen LogP contribution in [-0.4, -0.2) is 34.5 Å². The van der Waals surface area contributed by atoms with E-state index >= 15 is 0 Å². The zero-order valence-electron chi connectivity index (χ0n) is 13.8. The van der Waals surface area contributed by atoms with Gasteiger partial charge in [-0.05, 0) is 49.2 Å². The molecular weight excluding hydrogens is 404 g/mol. The number of rotatable bonds is 6. The van der Waals surface area contributed by atoms with Gasteiger partial charge in [0.25, 0.3) is 0 Å². The zero-order chi connectivity index (χ0) is 17.8. The van der Waals surface area contributed by atoms with Crippen LogP contribution in [0, 0.1) is 6.92 Å². The first-order valence-electron chi connectivity index (χ1n) is 7.62. The number of aryl methyl sites for hydroxylation is 1. The molecule has 25 heavy (non-hydrogen) atoms. The Balaban J connectivity index is 1.55. The van der Waals surface area contributed by atoms with Gasteiger partial charge in [-0.15, -0.1) is 11.3 Å². The lowest BCUT2D eigenvalue weighted by Crippen LogP contribution is -2.30. The Bertz CT molecular complexity index is 863. The van der Waals surface area contributed by atoms with Gasteiger partial charge in [0.05, 0.1) is 18.0 Å². The summed E-state index contributed by atoms with van der Waals surface area (Å²) in [6, 6.07) is 9.62. The Hall–Kier alpha value is -2.03. The molecule has 3 aromatic rings. The maximum atomic E-state index is 12.2. The van der Waals surface area contributed by atoms with Crippen LogP contribution >= 0.6 is 27.3 Å². The Kier molecular flexibility index (Phi) is 5.62. The number of benzene rings is 1. The number of anilines is 1. The fourth-order valence-electron chi connectivity index (χ4n) is 2.31. The van der Waals surface area contributed by atoms with E-state index in [0.717, 1.165) is 20.6 Å². The van der Waals surface area contributed by atoms with Crippen LogP contribution in [0.25, 0.3) is 10.7 Å². The van der Waals surface area contributed by atoms with E-state index in [1.54, 1.807) is 11.3 Å². The van der Waals surface area contributed by atoms with E-state index < -0.39 is 0 Å². The number of nitrogens with one attached hydrogen (secondary N) is 1. The second-order valence-corrected chi connectivity index (χ2v) is 7.53. The summed E-state index contributed by atoms with van der Waals surface area (Å²) in [5.74, 6) is 0.970. The Labute approximate surface area is 158 Å². The highest BCUT2D eigenvalue weighted by atomic mass is 79.9. The summed E-state index contributed by atoms with van der Waals surface area (Å²) >= 11 is 4.97. The maximum Gasteiger partial charge on any atom is 0.241 e. The molecule has 0 fully saturated rings. The predicted molar refractivity (Wildman–Crippen MR) is 101 cm³/mol. The van der Waals surface area contributed by atoms with Crippen LogP contribution in [0.15, 0.2) is 44.7 Å². The number of hydrogen-bond acceptors (Lipinski definition) is 6. The molecule has 1 N–H and O–H groups in total. The first-order valence-corrected chi connectivity index (χ1v) is 9.29. The fraction of sp³-hybridized carbons (Fsp3) is 0.235. The number of aromatic nitrogens is 2. The van der Waals surface area contributed by atoms with Crippen LogP contribution < -0.4 is 5.32 Å². The van der Waals surface area contributed by atoms with Gasteiger partial charge in [0.1, 0.15) is 0 Å². The lowest BCUT2D eigenvalue weighted by atomic mass is 10.2. The molecule has 0 aliphatic carbocycles. The summed E-state index contributed by atoms with van der Waals surface area (Å²) < 4.78 is 6.24. The van der Waals surface area contributed by atoms with Crippen LogP contribution in [0.5, 0.6) is 0 Å². The first kappa shape index (κ1) is 17.8. The van der Waals surface area contributed by atoms with Crippen molar-refractivity contribution >= 4 is 38.9 Å². The maximum absolute atomic E-state index is 12.2. The summed E-state index contributed by atoms with van der Waals surface area (Å²) in [6.07, 6.45) is 0. The van der Waals surface area contributed by atoms with Gasteiger partial charge in [-0.2, -0.15) is 4.98 Å². The normalized spacial score (nSPS) is 11.0. The molecule has 2 heterocycles. The lowest BCUT2D eigenvalue weighted by molar-refractivity contribution is -0.117. The van der Waals surface area contributed by atoms with E-state index in [2.05, 4.69) is 31.4 Å². The molecule has 1 amide bonds. The molecule has 130 valence electrons. The second-order valence-electron chi connectivity index (χ2n) is 5.67. The average molecular weight is 421 g/mol. The summed E-state index contributed by atoms with van der Waals surface area (Å²) in [6.45, 7) is 2.59. The summed E-state index contributed by atoms with van der Waals surface area (Å²) in [7, 11) is 1.84. The molecule has 0 spiro atoms. The van der Waals surface area contributed by atoms with Crippen molar-refractivity contribution in [3.63, 3.8) is 0 Å². The Morgan fingerprint density at radius 3 is 2.96 bits per heavy atom. The van der Waals surface area contributed by atoms with Gasteiger partial charge in [-0.3, -0.25) is 9.69 Å².